The Morgan fingerprint density at radius 1 is 1.16 bits per heavy atom. The summed E-state index contributed by atoms with van der Waals surface area (Å²) < 4.78 is 27.9. The molecule has 0 amide bonds. The van der Waals surface area contributed by atoms with E-state index in [2.05, 4.69) is 20.9 Å². The quantitative estimate of drug-likeness (QED) is 0.232. The Morgan fingerprint density at radius 2 is 2.00 bits per heavy atom. The number of fused-ring (bicyclic) bond motifs is 2. The number of imidazole rings is 1. The van der Waals surface area contributed by atoms with Crippen molar-refractivity contribution < 1.29 is 18.0 Å². The molecule has 38 heavy (non-hydrogen) atoms. The highest BCUT2D eigenvalue weighted by Gasteiger charge is 2.23. The maximum Gasteiger partial charge on any atom is 0.312 e. The lowest BCUT2D eigenvalue weighted by Crippen LogP contribution is -2.35. The first-order valence-corrected chi connectivity index (χ1v) is 12.9. The van der Waals surface area contributed by atoms with Crippen LogP contribution in [0.1, 0.15) is 36.4 Å². The topological polar surface area (TPSA) is 116 Å². The van der Waals surface area contributed by atoms with Crippen molar-refractivity contribution in [2.45, 2.75) is 39.2 Å². The molecule has 0 bridgehead atoms. The van der Waals surface area contributed by atoms with E-state index in [1.807, 2.05) is 35.8 Å². The zero-order valence-electron chi connectivity index (χ0n) is 21.2. The molecule has 1 saturated heterocycles. The van der Waals surface area contributed by atoms with Crippen molar-refractivity contribution in [3.05, 3.63) is 59.8 Å². The van der Waals surface area contributed by atoms with Crippen molar-refractivity contribution in [3.63, 3.8) is 0 Å². The van der Waals surface area contributed by atoms with Gasteiger partial charge in [-0.25, -0.2) is 4.98 Å². The van der Waals surface area contributed by atoms with Crippen LogP contribution in [0.5, 0.6) is 0 Å². The van der Waals surface area contributed by atoms with Gasteiger partial charge < -0.3 is 23.9 Å². The fraction of sp³-hybridized carbons (Fsp3) is 0.357. The van der Waals surface area contributed by atoms with E-state index in [0.29, 0.717) is 36.6 Å². The predicted octanol–water partition coefficient (Wildman–Crippen LogP) is 4.75. The van der Waals surface area contributed by atoms with E-state index >= 15 is 0 Å². The molecule has 0 unspecified atom stereocenters. The van der Waals surface area contributed by atoms with Crippen molar-refractivity contribution in [1.82, 2.24) is 24.4 Å². The summed E-state index contributed by atoms with van der Waals surface area (Å²) >= 11 is 0. The summed E-state index contributed by atoms with van der Waals surface area (Å²) in [6, 6.07) is 9.86. The maximum absolute atomic E-state index is 14.3. The fourth-order valence-corrected chi connectivity index (χ4v) is 5.47. The van der Waals surface area contributed by atoms with E-state index in [4.69, 9.17) is 19.6 Å². The van der Waals surface area contributed by atoms with Crippen molar-refractivity contribution in [2.75, 3.05) is 25.4 Å². The zero-order chi connectivity index (χ0) is 26.2. The van der Waals surface area contributed by atoms with Crippen LogP contribution in [0.3, 0.4) is 0 Å². The van der Waals surface area contributed by atoms with Gasteiger partial charge in [-0.3, -0.25) is 4.90 Å². The summed E-state index contributed by atoms with van der Waals surface area (Å²) in [5, 5.41) is 0.974. The second-order valence-electron chi connectivity index (χ2n) is 9.98. The number of nitrogen functional groups attached to an aromatic ring is 1. The van der Waals surface area contributed by atoms with Gasteiger partial charge in [0.1, 0.15) is 29.2 Å². The number of aryl methyl sites for hydroxylation is 2. The Bertz CT molecular complexity index is 1610. The highest BCUT2D eigenvalue weighted by molar-refractivity contribution is 5.85. The lowest BCUT2D eigenvalue weighted by atomic mass is 9.93. The van der Waals surface area contributed by atoms with Gasteiger partial charge in [-0.05, 0) is 81.1 Å². The first-order chi connectivity index (χ1) is 18.5. The van der Waals surface area contributed by atoms with Gasteiger partial charge in [-0.15, -0.1) is 0 Å². The third-order valence-corrected chi connectivity index (χ3v) is 7.51. The summed E-state index contributed by atoms with van der Waals surface area (Å²) in [6.07, 6.45) is 5.15. The molecule has 1 aliphatic rings. The molecule has 0 saturated carbocycles. The monoisotopic (exact) mass is 516 g/mol. The number of aromatic nitrogens is 4. The van der Waals surface area contributed by atoms with Gasteiger partial charge in [0.05, 0.1) is 12.8 Å². The molecule has 1 aromatic carbocycles. The maximum atomic E-state index is 14.3. The van der Waals surface area contributed by atoms with Crippen molar-refractivity contribution >= 4 is 34.2 Å². The van der Waals surface area contributed by atoms with E-state index < -0.39 is 6.08 Å². The Labute approximate surface area is 218 Å². The Morgan fingerprint density at radius 3 is 2.76 bits per heavy atom. The van der Waals surface area contributed by atoms with Crippen LogP contribution >= 0.6 is 0 Å². The summed E-state index contributed by atoms with van der Waals surface area (Å²) in [5.74, 6) is 2.82. The SMILES string of the molecule is Cc1ccc(-c2cc3occc3cc2Cc2nc3c(N)nc(F)nc3n2CCC2CCN(CC=O)CC2)o1. The van der Waals surface area contributed by atoms with Crippen molar-refractivity contribution in [3.8, 4) is 11.3 Å². The first kappa shape index (κ1) is 24.3. The van der Waals surface area contributed by atoms with Gasteiger partial charge >= 0.3 is 6.08 Å². The first-order valence-electron chi connectivity index (χ1n) is 12.9. The van der Waals surface area contributed by atoms with Crippen LogP contribution in [0.4, 0.5) is 10.2 Å². The predicted molar refractivity (Wildman–Crippen MR) is 141 cm³/mol. The number of carbonyl (C=O) groups excluding carboxylic acids is 1. The number of carbonyl (C=O) groups is 1. The van der Waals surface area contributed by atoms with E-state index in [1.54, 1.807) is 6.26 Å². The highest BCUT2D eigenvalue weighted by atomic mass is 19.1. The molecule has 2 N–H and O–H groups in total. The van der Waals surface area contributed by atoms with E-state index in [1.165, 1.54) is 0 Å². The standard InChI is InChI=1S/C28H29FN6O3/c1-17-2-3-22(38-17)21-16-23-19(7-13-37-23)14-20(21)15-24-31-25-26(30)32-28(29)33-27(25)35(24)10-6-18-4-8-34(9-5-18)11-12-36/h2-3,7,12-14,16,18H,4-6,8-11,15H2,1H3,(H2,30,32,33). The van der Waals surface area contributed by atoms with Crippen LogP contribution in [0.15, 0.2) is 45.4 Å². The number of rotatable bonds is 8. The molecule has 196 valence electrons. The van der Waals surface area contributed by atoms with Crippen LogP contribution in [-0.2, 0) is 17.8 Å². The number of nitrogens with two attached hydrogens (primary N) is 1. The summed E-state index contributed by atoms with van der Waals surface area (Å²) in [4.78, 5) is 25.6. The van der Waals surface area contributed by atoms with Crippen LogP contribution in [0.25, 0.3) is 33.5 Å². The van der Waals surface area contributed by atoms with Crippen LogP contribution in [0.2, 0.25) is 0 Å². The van der Waals surface area contributed by atoms with E-state index in [9.17, 15) is 9.18 Å². The normalized spacial score (nSPS) is 15.1. The third-order valence-electron chi connectivity index (χ3n) is 7.51. The molecule has 0 spiro atoms. The molecule has 6 rings (SSSR count). The Hall–Kier alpha value is -4.05. The number of hydrogen-bond donors (Lipinski definition) is 1. The molecule has 0 radical (unpaired) electrons. The second kappa shape index (κ2) is 10.0. The van der Waals surface area contributed by atoms with E-state index in [0.717, 1.165) is 78.1 Å². The molecule has 4 aromatic heterocycles. The number of halogens is 1. The number of nitrogens with zero attached hydrogens (tertiary/aromatic N) is 5. The molecule has 1 aliphatic heterocycles. The molecular weight excluding hydrogens is 487 g/mol. The fourth-order valence-electron chi connectivity index (χ4n) is 5.47. The summed E-state index contributed by atoms with van der Waals surface area (Å²) in [7, 11) is 0. The average molecular weight is 517 g/mol. The molecule has 10 heteroatoms. The molecule has 0 aliphatic carbocycles. The van der Waals surface area contributed by atoms with Crippen LogP contribution in [-0.4, -0.2) is 50.3 Å². The smallest absolute Gasteiger partial charge is 0.312 e. The van der Waals surface area contributed by atoms with Crippen molar-refractivity contribution in [2.24, 2.45) is 5.92 Å². The third kappa shape index (κ3) is 4.67. The lowest BCUT2D eigenvalue weighted by molar-refractivity contribution is -0.109. The van der Waals surface area contributed by atoms with Gasteiger partial charge in [0.25, 0.3) is 0 Å². The largest absolute Gasteiger partial charge is 0.464 e. The molecular formula is C28H29FN6O3. The number of likely N-dealkylation sites (tertiary alicyclic amines) is 1. The average Bonchev–Trinajstić information content (AvgIpc) is 3.62. The van der Waals surface area contributed by atoms with Gasteiger partial charge in [-0.1, -0.05) is 0 Å². The number of aldehydes is 1. The number of furan rings is 2. The minimum Gasteiger partial charge on any atom is -0.464 e. The molecule has 1 fully saturated rings. The zero-order valence-corrected chi connectivity index (χ0v) is 21.2. The number of benzene rings is 1. The van der Waals surface area contributed by atoms with Gasteiger partial charge in [-0.2, -0.15) is 14.4 Å². The Kier molecular flexibility index (Phi) is 6.40. The molecule has 5 aromatic rings. The molecule has 9 nitrogen and oxygen atoms in total. The van der Waals surface area contributed by atoms with Gasteiger partial charge in [0, 0.05) is 23.9 Å². The number of piperidine rings is 1. The minimum atomic E-state index is -0.864. The lowest BCUT2D eigenvalue weighted by Gasteiger charge is -2.30. The van der Waals surface area contributed by atoms with Gasteiger partial charge in [0.15, 0.2) is 17.0 Å². The van der Waals surface area contributed by atoms with Crippen LogP contribution < -0.4 is 5.73 Å². The molecule has 5 heterocycles. The summed E-state index contributed by atoms with van der Waals surface area (Å²) in [5.41, 5.74) is 9.56. The number of hydrogen-bond acceptors (Lipinski definition) is 8. The van der Waals surface area contributed by atoms with Gasteiger partial charge in [0.2, 0.25) is 0 Å². The number of anilines is 1. The van der Waals surface area contributed by atoms with Crippen LogP contribution in [0, 0.1) is 18.9 Å². The Balaban J connectivity index is 1.36. The van der Waals surface area contributed by atoms with Crippen molar-refractivity contribution in [1.29, 1.82) is 0 Å². The second-order valence-corrected chi connectivity index (χ2v) is 9.98. The molecule has 0 atom stereocenters. The summed E-state index contributed by atoms with van der Waals surface area (Å²) in [6.45, 7) is 4.83. The van der Waals surface area contributed by atoms with E-state index in [-0.39, 0.29) is 5.82 Å². The highest BCUT2D eigenvalue weighted by Crippen LogP contribution is 2.33. The minimum absolute atomic E-state index is 0.0295.